The van der Waals surface area contributed by atoms with E-state index in [4.69, 9.17) is 22.1 Å². The Morgan fingerprint density at radius 1 is 1.17 bits per heavy atom. The molecule has 150 valence electrons. The minimum absolute atomic E-state index is 0.603. The van der Waals surface area contributed by atoms with Gasteiger partial charge < -0.3 is 15.5 Å². The average molecular weight is 473 g/mol. The maximum Gasteiger partial charge on any atom is 0.145 e. The topological polar surface area (TPSA) is 63.9 Å². The van der Waals surface area contributed by atoms with Crippen molar-refractivity contribution in [3.05, 3.63) is 57.7 Å². The molecule has 0 spiro atoms. The lowest BCUT2D eigenvalue weighted by Crippen LogP contribution is -1.99. The smallest absolute Gasteiger partial charge is 0.145 e. The fraction of sp³-hybridized carbons (Fsp3) is 0.261. The summed E-state index contributed by atoms with van der Waals surface area (Å²) in [5, 5.41) is 2.90. The predicted molar refractivity (Wildman–Crippen MR) is 125 cm³/mol. The largest absolute Gasteiger partial charge is 0.492 e. The van der Waals surface area contributed by atoms with Gasteiger partial charge in [0, 0.05) is 27.0 Å². The van der Waals surface area contributed by atoms with E-state index in [1.807, 2.05) is 25.1 Å². The summed E-state index contributed by atoms with van der Waals surface area (Å²) in [4.78, 5) is 8.18. The van der Waals surface area contributed by atoms with E-state index in [0.717, 1.165) is 62.5 Å². The van der Waals surface area contributed by atoms with Crippen LogP contribution in [-0.4, -0.2) is 23.1 Å². The van der Waals surface area contributed by atoms with E-state index in [2.05, 4.69) is 44.1 Å². The number of benzene rings is 2. The number of nitrogens with one attached hydrogen (secondary N) is 1. The van der Waals surface area contributed by atoms with Crippen molar-refractivity contribution >= 4 is 49.3 Å². The first-order valence-electron chi connectivity index (χ1n) is 9.84. The fourth-order valence-corrected chi connectivity index (χ4v) is 4.70. The Kier molecular flexibility index (Phi) is 6.09. The van der Waals surface area contributed by atoms with Crippen molar-refractivity contribution in [2.24, 2.45) is 5.73 Å². The molecule has 2 heterocycles. The second-order valence-corrected chi connectivity index (χ2v) is 8.30. The molecule has 4 rings (SSSR count). The van der Waals surface area contributed by atoms with Crippen molar-refractivity contribution in [2.75, 3.05) is 13.2 Å². The Bertz CT molecular complexity index is 1170. The zero-order valence-electron chi connectivity index (χ0n) is 16.3. The highest BCUT2D eigenvalue weighted by Gasteiger charge is 2.18. The zero-order valence-corrected chi connectivity index (χ0v) is 18.6. The summed E-state index contributed by atoms with van der Waals surface area (Å²) >= 11 is 10.2. The minimum Gasteiger partial charge on any atom is -0.492 e. The number of halogens is 2. The molecule has 3 N–H and O–H groups in total. The van der Waals surface area contributed by atoms with Crippen molar-refractivity contribution in [1.82, 2.24) is 9.97 Å². The van der Waals surface area contributed by atoms with Crippen molar-refractivity contribution in [3.8, 4) is 17.0 Å². The number of ether oxygens (including phenoxy) is 1. The summed E-state index contributed by atoms with van der Waals surface area (Å²) in [5.74, 6) is 0.799. The van der Waals surface area contributed by atoms with E-state index >= 15 is 0 Å². The molecule has 0 fully saturated rings. The number of rotatable bonds is 7. The van der Waals surface area contributed by atoms with Crippen LogP contribution in [0.1, 0.15) is 25.3 Å². The second-order valence-electron chi connectivity index (χ2n) is 6.98. The molecule has 0 radical (unpaired) electrons. The van der Waals surface area contributed by atoms with Crippen LogP contribution < -0.4 is 10.5 Å². The van der Waals surface area contributed by atoms with Gasteiger partial charge >= 0.3 is 0 Å². The quantitative estimate of drug-likeness (QED) is 0.303. The van der Waals surface area contributed by atoms with Gasteiger partial charge in [0.1, 0.15) is 11.3 Å². The summed E-state index contributed by atoms with van der Waals surface area (Å²) in [5.41, 5.74) is 11.0. The van der Waals surface area contributed by atoms with Gasteiger partial charge in [0.05, 0.1) is 22.8 Å². The van der Waals surface area contributed by atoms with Gasteiger partial charge in [-0.1, -0.05) is 33.6 Å². The Hall–Kier alpha value is -2.08. The standard InChI is InChI=1S/C23H23BrClN3O/c1-2-29-20-9-8-17(15-7-5-11-27-23(15)20)21-16(6-3-4-10-26)18-12-14(24)13-19(25)22(18)28-21/h5,7-9,11-13,28H,2-4,6,10,26H2,1H3. The summed E-state index contributed by atoms with van der Waals surface area (Å²) in [6, 6.07) is 12.2. The molecular weight excluding hydrogens is 450 g/mol. The first-order chi connectivity index (χ1) is 14.1. The van der Waals surface area contributed by atoms with E-state index in [9.17, 15) is 0 Å². The molecule has 0 aliphatic heterocycles. The van der Waals surface area contributed by atoms with Crippen molar-refractivity contribution < 1.29 is 4.74 Å². The van der Waals surface area contributed by atoms with Gasteiger partial charge in [0.15, 0.2) is 0 Å². The predicted octanol–water partition coefficient (Wildman–Crippen LogP) is 6.48. The third kappa shape index (κ3) is 3.87. The lowest BCUT2D eigenvalue weighted by atomic mass is 9.97. The van der Waals surface area contributed by atoms with Crippen LogP contribution in [0.25, 0.3) is 33.1 Å². The number of nitrogens with two attached hydrogens (primary N) is 1. The monoisotopic (exact) mass is 471 g/mol. The van der Waals surface area contributed by atoms with Crippen molar-refractivity contribution in [2.45, 2.75) is 26.2 Å². The van der Waals surface area contributed by atoms with Crippen LogP contribution in [0, 0.1) is 0 Å². The molecule has 2 aromatic heterocycles. The van der Waals surface area contributed by atoms with Gasteiger partial charge in [-0.25, -0.2) is 0 Å². The van der Waals surface area contributed by atoms with Crippen LogP contribution in [0.5, 0.6) is 5.75 Å². The minimum atomic E-state index is 0.603. The highest BCUT2D eigenvalue weighted by Crippen LogP contribution is 2.40. The first-order valence-corrected chi connectivity index (χ1v) is 11.0. The number of hydrogen-bond acceptors (Lipinski definition) is 3. The van der Waals surface area contributed by atoms with Gasteiger partial charge in [-0.05, 0) is 68.6 Å². The number of unbranched alkanes of at least 4 members (excludes halogenated alkanes) is 1. The van der Waals surface area contributed by atoms with E-state index in [0.29, 0.717) is 18.2 Å². The lowest BCUT2D eigenvalue weighted by Gasteiger charge is -2.12. The second kappa shape index (κ2) is 8.74. The molecule has 6 heteroatoms. The number of aryl methyl sites for hydroxylation is 1. The number of H-pyrrole nitrogens is 1. The highest BCUT2D eigenvalue weighted by atomic mass is 79.9. The number of hydrogen-bond donors (Lipinski definition) is 2. The van der Waals surface area contributed by atoms with Gasteiger partial charge in [-0.2, -0.15) is 0 Å². The molecule has 0 amide bonds. The molecule has 0 saturated carbocycles. The first kappa shape index (κ1) is 20.2. The molecule has 0 atom stereocenters. The van der Waals surface area contributed by atoms with E-state index in [1.54, 1.807) is 6.20 Å². The number of nitrogens with zero attached hydrogens (tertiary/aromatic N) is 1. The molecule has 0 bridgehead atoms. The molecule has 0 saturated heterocycles. The number of fused-ring (bicyclic) bond motifs is 2. The zero-order chi connectivity index (χ0) is 20.4. The van der Waals surface area contributed by atoms with Gasteiger partial charge in [0.25, 0.3) is 0 Å². The Balaban J connectivity index is 1.97. The van der Waals surface area contributed by atoms with Crippen LogP contribution in [0.2, 0.25) is 5.02 Å². The Morgan fingerprint density at radius 3 is 2.83 bits per heavy atom. The fourth-order valence-electron chi connectivity index (χ4n) is 3.85. The van der Waals surface area contributed by atoms with E-state index < -0.39 is 0 Å². The lowest BCUT2D eigenvalue weighted by molar-refractivity contribution is 0.343. The molecule has 2 aromatic carbocycles. The Labute approximate surface area is 183 Å². The number of pyridine rings is 1. The molecule has 0 unspecified atom stereocenters. The summed E-state index contributed by atoms with van der Waals surface area (Å²) in [7, 11) is 0. The van der Waals surface area contributed by atoms with Gasteiger partial charge in [-0.3, -0.25) is 4.98 Å². The number of aromatic nitrogens is 2. The summed E-state index contributed by atoms with van der Waals surface area (Å²) in [6.45, 7) is 3.28. The van der Waals surface area contributed by atoms with Gasteiger partial charge in [-0.15, -0.1) is 0 Å². The Morgan fingerprint density at radius 2 is 2.03 bits per heavy atom. The summed E-state index contributed by atoms with van der Waals surface area (Å²) < 4.78 is 6.77. The van der Waals surface area contributed by atoms with E-state index in [1.165, 1.54) is 5.56 Å². The van der Waals surface area contributed by atoms with Crippen LogP contribution in [0.3, 0.4) is 0 Å². The molecule has 29 heavy (non-hydrogen) atoms. The molecule has 0 aliphatic rings. The van der Waals surface area contributed by atoms with Crippen molar-refractivity contribution in [3.63, 3.8) is 0 Å². The van der Waals surface area contributed by atoms with Crippen LogP contribution in [0.15, 0.2) is 47.1 Å². The molecule has 4 nitrogen and oxygen atoms in total. The maximum atomic E-state index is 6.57. The average Bonchev–Trinajstić information content (AvgIpc) is 3.07. The van der Waals surface area contributed by atoms with Gasteiger partial charge in [0.2, 0.25) is 0 Å². The molecule has 0 aliphatic carbocycles. The maximum absolute atomic E-state index is 6.57. The summed E-state index contributed by atoms with van der Waals surface area (Å²) in [6.07, 6.45) is 4.73. The highest BCUT2D eigenvalue weighted by molar-refractivity contribution is 9.10. The normalized spacial score (nSPS) is 11.4. The SMILES string of the molecule is CCOc1ccc(-c2[nH]c3c(Cl)cc(Br)cc3c2CCCCN)c2cccnc12. The third-order valence-corrected chi connectivity index (χ3v) is 5.87. The van der Waals surface area contributed by atoms with E-state index in [-0.39, 0.29) is 0 Å². The molecular formula is C23H23BrClN3O. The molecule has 4 aromatic rings. The van der Waals surface area contributed by atoms with Crippen LogP contribution >= 0.6 is 27.5 Å². The third-order valence-electron chi connectivity index (χ3n) is 5.11. The van der Waals surface area contributed by atoms with Crippen LogP contribution in [0.4, 0.5) is 0 Å². The van der Waals surface area contributed by atoms with Crippen LogP contribution in [-0.2, 0) is 6.42 Å². The number of aromatic amines is 1. The van der Waals surface area contributed by atoms with Crippen molar-refractivity contribution in [1.29, 1.82) is 0 Å².